The number of ether oxygens (including phenoxy) is 4. The summed E-state index contributed by atoms with van der Waals surface area (Å²) >= 11 is 3.51. The molecule has 0 saturated heterocycles. The Bertz CT molecular complexity index is 4370. The van der Waals surface area contributed by atoms with Gasteiger partial charge >= 0.3 is 0 Å². The van der Waals surface area contributed by atoms with E-state index in [2.05, 4.69) is 219 Å². The molecule has 0 fully saturated rings. The fraction of sp³-hybridized carbons (Fsp3) is 0.287. The Morgan fingerprint density at radius 3 is 0.910 bits per heavy atom. The molecule has 0 spiro atoms. The molecule has 0 aliphatic heterocycles. The van der Waals surface area contributed by atoms with Crippen LogP contribution in [-0.4, -0.2) is 41.3 Å². The average molecular weight is 1210 g/mol. The summed E-state index contributed by atoms with van der Waals surface area (Å²) in [6, 6.07) is 65.5. The first-order chi connectivity index (χ1) is 43.9. The topological polar surface area (TPSA) is 63.9 Å². The molecular formula is C80H80N2O5S2. The maximum Gasteiger partial charge on any atom is 0.194 e. The van der Waals surface area contributed by atoms with Crippen LogP contribution < -0.4 is 18.9 Å². The van der Waals surface area contributed by atoms with Crippen molar-refractivity contribution in [3.8, 4) is 87.3 Å². The van der Waals surface area contributed by atoms with E-state index in [1.54, 1.807) is 22.7 Å². The van der Waals surface area contributed by atoms with Crippen molar-refractivity contribution in [2.24, 2.45) is 0 Å². The van der Waals surface area contributed by atoms with Gasteiger partial charge in [0.25, 0.3) is 0 Å². The van der Waals surface area contributed by atoms with Crippen LogP contribution in [0.2, 0.25) is 0 Å². The van der Waals surface area contributed by atoms with Crippen LogP contribution in [0.3, 0.4) is 0 Å². The van der Waals surface area contributed by atoms with Crippen LogP contribution >= 0.6 is 22.7 Å². The fourth-order valence-electron chi connectivity index (χ4n) is 12.8. The van der Waals surface area contributed by atoms with E-state index in [9.17, 15) is 4.79 Å². The maximum absolute atomic E-state index is 14.4. The molecule has 4 heterocycles. The van der Waals surface area contributed by atoms with Gasteiger partial charge in [0.2, 0.25) is 0 Å². The molecule has 0 unspecified atom stereocenters. The lowest BCUT2D eigenvalue weighted by atomic mass is 10.0. The quantitative estimate of drug-likeness (QED) is 0.0437. The molecule has 13 rings (SSSR count). The summed E-state index contributed by atoms with van der Waals surface area (Å²) < 4.78 is 29.9. The van der Waals surface area contributed by atoms with Gasteiger partial charge in [0.1, 0.15) is 23.0 Å². The lowest BCUT2D eigenvalue weighted by molar-refractivity contribution is 0.104. The number of rotatable bonds is 29. The Kier molecular flexibility index (Phi) is 18.5. The third kappa shape index (κ3) is 12.7. The van der Waals surface area contributed by atoms with Crippen LogP contribution in [0.15, 0.2) is 182 Å². The zero-order valence-corrected chi connectivity index (χ0v) is 53.6. The van der Waals surface area contributed by atoms with Gasteiger partial charge in [-0.15, -0.1) is 22.7 Å². The molecule has 9 heteroatoms. The van der Waals surface area contributed by atoms with Crippen molar-refractivity contribution in [1.82, 2.24) is 9.13 Å². The van der Waals surface area contributed by atoms with Gasteiger partial charge in [0, 0.05) is 63.6 Å². The van der Waals surface area contributed by atoms with Gasteiger partial charge in [0.15, 0.2) is 5.78 Å². The average Bonchev–Trinajstić information content (AvgIpc) is 1.71. The largest absolute Gasteiger partial charge is 0.494 e. The SMILES string of the molecule is CCCCCCOc1ccc2c(c1)c1cc(OCCCCC)ccc1n2-c1ccc(-c2ccc(-c3ccc4c(c3)C(=O)c3cc(-c5ccc(-c6ccc(-n7c8ccc(OCCCCCC)cc8c8cc(OCCCCCC)ccc87)cc6)s5)ccc3-4)s2)cc1. The molecule has 4 aromatic heterocycles. The second-order valence-corrected chi connectivity index (χ2v) is 26.1. The second kappa shape index (κ2) is 27.6. The van der Waals surface area contributed by atoms with E-state index in [0.717, 1.165) is 191 Å². The van der Waals surface area contributed by atoms with E-state index < -0.39 is 0 Å². The predicted molar refractivity (Wildman–Crippen MR) is 375 cm³/mol. The monoisotopic (exact) mass is 1210 g/mol. The Balaban J connectivity index is 0.704. The number of unbranched alkanes of at least 4 members (excludes halogenated alkanes) is 11. The molecular weight excluding hydrogens is 1130 g/mol. The van der Waals surface area contributed by atoms with E-state index in [4.69, 9.17) is 18.9 Å². The van der Waals surface area contributed by atoms with Gasteiger partial charge < -0.3 is 28.1 Å². The summed E-state index contributed by atoms with van der Waals surface area (Å²) in [5.41, 5.74) is 14.6. The molecule has 0 bridgehead atoms. The minimum atomic E-state index is 0.0766. The Hall–Kier alpha value is -8.37. The number of ketones is 1. The second-order valence-electron chi connectivity index (χ2n) is 23.9. The number of thiophene rings is 2. The molecule has 12 aromatic rings. The summed E-state index contributed by atoms with van der Waals surface area (Å²) in [6.07, 6.45) is 17.4. The molecule has 452 valence electrons. The van der Waals surface area contributed by atoms with Crippen LogP contribution in [0.25, 0.3) is 108 Å². The number of aromatic nitrogens is 2. The normalized spacial score (nSPS) is 12.0. The van der Waals surface area contributed by atoms with Crippen LogP contribution in [0.1, 0.15) is 140 Å². The van der Waals surface area contributed by atoms with Crippen molar-refractivity contribution in [1.29, 1.82) is 0 Å². The van der Waals surface area contributed by atoms with E-state index >= 15 is 0 Å². The predicted octanol–water partition coefficient (Wildman–Crippen LogP) is 23.3. The molecule has 0 saturated carbocycles. The van der Waals surface area contributed by atoms with Crippen LogP contribution in [0.4, 0.5) is 0 Å². The summed E-state index contributed by atoms with van der Waals surface area (Å²) in [6.45, 7) is 11.8. The molecule has 1 aliphatic rings. The zero-order chi connectivity index (χ0) is 60.6. The number of carbonyl (C=O) groups excluding carboxylic acids is 1. The van der Waals surface area contributed by atoms with Gasteiger partial charge in [-0.2, -0.15) is 0 Å². The summed E-state index contributed by atoms with van der Waals surface area (Å²) in [5, 5.41) is 4.62. The Morgan fingerprint density at radius 2 is 0.584 bits per heavy atom. The number of hydrogen-bond acceptors (Lipinski definition) is 7. The highest BCUT2D eigenvalue weighted by molar-refractivity contribution is 7.19. The fourth-order valence-corrected chi connectivity index (χ4v) is 14.8. The van der Waals surface area contributed by atoms with Crippen LogP contribution in [-0.2, 0) is 0 Å². The summed E-state index contributed by atoms with van der Waals surface area (Å²) in [5.74, 6) is 3.68. The van der Waals surface area contributed by atoms with Gasteiger partial charge in [-0.3, -0.25) is 4.79 Å². The molecule has 1 aliphatic carbocycles. The minimum absolute atomic E-state index is 0.0766. The highest BCUT2D eigenvalue weighted by Crippen LogP contribution is 2.45. The molecule has 0 amide bonds. The Labute approximate surface area is 532 Å². The number of carbonyl (C=O) groups is 1. The van der Waals surface area contributed by atoms with E-state index in [-0.39, 0.29) is 5.78 Å². The van der Waals surface area contributed by atoms with Crippen molar-refractivity contribution in [2.75, 3.05) is 26.4 Å². The highest BCUT2D eigenvalue weighted by atomic mass is 32.1. The van der Waals surface area contributed by atoms with Crippen molar-refractivity contribution in [3.63, 3.8) is 0 Å². The maximum atomic E-state index is 14.4. The third-order valence-electron chi connectivity index (χ3n) is 17.7. The number of nitrogens with zero attached hydrogens (tertiary/aromatic N) is 2. The van der Waals surface area contributed by atoms with Gasteiger partial charge in [-0.1, -0.05) is 147 Å². The van der Waals surface area contributed by atoms with Crippen molar-refractivity contribution in [3.05, 3.63) is 193 Å². The van der Waals surface area contributed by atoms with Crippen LogP contribution in [0, 0.1) is 0 Å². The lowest BCUT2D eigenvalue weighted by Gasteiger charge is -2.10. The first-order valence-electron chi connectivity index (χ1n) is 32.8. The van der Waals surface area contributed by atoms with Crippen molar-refractivity contribution >= 4 is 72.1 Å². The molecule has 7 nitrogen and oxygen atoms in total. The van der Waals surface area contributed by atoms with Gasteiger partial charge in [-0.25, -0.2) is 0 Å². The molecule has 0 atom stereocenters. The minimum Gasteiger partial charge on any atom is -0.494 e. The van der Waals surface area contributed by atoms with Crippen molar-refractivity contribution in [2.45, 2.75) is 124 Å². The van der Waals surface area contributed by atoms with Crippen molar-refractivity contribution < 1.29 is 23.7 Å². The summed E-state index contributed by atoms with van der Waals surface area (Å²) in [7, 11) is 0. The molecule has 0 radical (unpaired) electrons. The molecule has 0 N–H and O–H groups in total. The molecule has 8 aromatic carbocycles. The Morgan fingerprint density at radius 1 is 0.292 bits per heavy atom. The number of benzene rings is 8. The van der Waals surface area contributed by atoms with E-state index in [0.29, 0.717) is 6.61 Å². The number of hydrogen-bond donors (Lipinski definition) is 0. The third-order valence-corrected chi connectivity index (χ3v) is 20.0. The number of fused-ring (bicyclic) bond motifs is 9. The van der Waals surface area contributed by atoms with E-state index in [1.165, 1.54) is 67.5 Å². The standard InChI is InChI=1S/C80H80N2O5S2/c1-5-9-13-17-45-85-61-31-37-73-67(51-61)66-50-60(84-44-16-12-8-4)30-36-72(66)81(73)58-26-20-54(21-27-58)76-40-42-78(88-76)56-24-34-64-65-35-25-57(49-71(65)80(83)70(64)48-56)79-43-41-77(89-79)55-22-28-59(29-23-55)82-74-38-32-62(86-46-18-14-10-6-2)52-68(74)69-53-63(33-39-75(69)82)87-47-19-15-11-7-3/h20-43,48-53H,5-19,44-47H2,1-4H3. The first kappa shape index (κ1) is 59.6. The van der Waals surface area contributed by atoms with Gasteiger partial charge in [0.05, 0.1) is 48.5 Å². The van der Waals surface area contributed by atoms with Gasteiger partial charge in [-0.05, 0) is 193 Å². The smallest absolute Gasteiger partial charge is 0.194 e. The zero-order valence-electron chi connectivity index (χ0n) is 52.0. The van der Waals surface area contributed by atoms with Crippen LogP contribution in [0.5, 0.6) is 23.0 Å². The van der Waals surface area contributed by atoms with E-state index in [1.807, 2.05) is 0 Å². The highest BCUT2D eigenvalue weighted by Gasteiger charge is 2.28. The first-order valence-corrected chi connectivity index (χ1v) is 34.4. The molecule has 89 heavy (non-hydrogen) atoms. The summed E-state index contributed by atoms with van der Waals surface area (Å²) in [4.78, 5) is 19.0. The lowest BCUT2D eigenvalue weighted by Crippen LogP contribution is -1.97.